The van der Waals surface area contributed by atoms with Crippen molar-refractivity contribution in [3.05, 3.63) is 0 Å². The van der Waals surface area contributed by atoms with Crippen LogP contribution in [-0.2, 0) is 10.8 Å². The quantitative estimate of drug-likeness (QED) is 0.278. The second kappa shape index (κ2) is 14.7. The lowest BCUT2D eigenvalue weighted by Crippen LogP contribution is -2.28. The SMILES string of the molecule is CCCCCCCCCC(C)(C)S(=O)CCCCCCCC. The number of hydrogen-bond donors (Lipinski definition) is 0. The van der Waals surface area contributed by atoms with Crippen LogP contribution < -0.4 is 0 Å². The molecule has 22 heavy (non-hydrogen) atoms. The Balaban J connectivity index is 3.61. The van der Waals surface area contributed by atoms with Crippen molar-refractivity contribution < 1.29 is 4.21 Å². The molecule has 1 unspecified atom stereocenters. The summed E-state index contributed by atoms with van der Waals surface area (Å²) in [5.41, 5.74) is 0. The van der Waals surface area contributed by atoms with E-state index in [9.17, 15) is 4.21 Å². The van der Waals surface area contributed by atoms with E-state index in [2.05, 4.69) is 27.7 Å². The zero-order valence-corrected chi connectivity index (χ0v) is 16.7. The van der Waals surface area contributed by atoms with Gasteiger partial charge in [-0.25, -0.2) is 0 Å². The molecule has 0 saturated heterocycles. The minimum absolute atomic E-state index is 0.0207. The van der Waals surface area contributed by atoms with Crippen molar-refractivity contribution in [2.75, 3.05) is 5.75 Å². The molecule has 0 saturated carbocycles. The molecular formula is C20H42OS. The molecule has 0 radical (unpaired) electrons. The highest BCUT2D eigenvalue weighted by Crippen LogP contribution is 2.23. The van der Waals surface area contributed by atoms with Crippen LogP contribution >= 0.6 is 0 Å². The predicted octanol–water partition coefficient (Wildman–Crippen LogP) is 7.01. The van der Waals surface area contributed by atoms with E-state index in [1.54, 1.807) is 0 Å². The second-order valence-corrected chi connectivity index (χ2v) is 9.65. The molecule has 0 aliphatic carbocycles. The summed E-state index contributed by atoms with van der Waals surface area (Å²) in [6.45, 7) is 8.93. The lowest BCUT2D eigenvalue weighted by molar-refractivity contribution is 0.522. The molecule has 134 valence electrons. The highest BCUT2D eigenvalue weighted by molar-refractivity contribution is 7.86. The van der Waals surface area contributed by atoms with Gasteiger partial charge in [0.15, 0.2) is 0 Å². The van der Waals surface area contributed by atoms with Gasteiger partial charge in [-0.3, -0.25) is 4.21 Å². The molecule has 0 rings (SSSR count). The molecule has 2 heteroatoms. The van der Waals surface area contributed by atoms with Gasteiger partial charge in [0.05, 0.1) is 0 Å². The Labute approximate surface area is 143 Å². The first-order valence-corrected chi connectivity index (χ1v) is 11.2. The minimum atomic E-state index is -0.648. The molecule has 0 amide bonds. The highest BCUT2D eigenvalue weighted by atomic mass is 32.2. The summed E-state index contributed by atoms with van der Waals surface area (Å²) < 4.78 is 12.5. The smallest absolute Gasteiger partial charge is 0.0403 e. The molecule has 0 spiro atoms. The molecule has 0 aromatic carbocycles. The summed E-state index contributed by atoms with van der Waals surface area (Å²) in [5, 5.41) is 0. The van der Waals surface area contributed by atoms with Gasteiger partial charge in [-0.1, -0.05) is 90.9 Å². The molecule has 0 aromatic heterocycles. The van der Waals surface area contributed by atoms with Crippen molar-refractivity contribution in [1.82, 2.24) is 0 Å². The van der Waals surface area contributed by atoms with E-state index in [4.69, 9.17) is 0 Å². The largest absolute Gasteiger partial charge is 0.259 e. The van der Waals surface area contributed by atoms with E-state index in [1.165, 1.54) is 77.0 Å². The van der Waals surface area contributed by atoms with Gasteiger partial charge in [-0.05, 0) is 26.7 Å². The average Bonchev–Trinajstić information content (AvgIpc) is 2.49. The van der Waals surface area contributed by atoms with Crippen molar-refractivity contribution in [3.63, 3.8) is 0 Å². The molecule has 0 aliphatic rings. The molecule has 0 fully saturated rings. The summed E-state index contributed by atoms with van der Waals surface area (Å²) in [5.74, 6) is 0.912. The number of unbranched alkanes of at least 4 members (excludes halogenated alkanes) is 11. The maximum Gasteiger partial charge on any atom is 0.0403 e. The Kier molecular flexibility index (Phi) is 14.8. The lowest BCUT2D eigenvalue weighted by Gasteiger charge is -2.24. The molecule has 0 aromatic rings. The van der Waals surface area contributed by atoms with Gasteiger partial charge in [-0.2, -0.15) is 0 Å². The second-order valence-electron chi connectivity index (χ2n) is 7.45. The van der Waals surface area contributed by atoms with Crippen LogP contribution in [0.4, 0.5) is 0 Å². The first-order chi connectivity index (χ1) is 10.5. The van der Waals surface area contributed by atoms with Gasteiger partial charge in [0.2, 0.25) is 0 Å². The van der Waals surface area contributed by atoms with Crippen LogP contribution in [0.15, 0.2) is 0 Å². The molecule has 0 aliphatic heterocycles. The highest BCUT2D eigenvalue weighted by Gasteiger charge is 2.24. The third-order valence-corrected chi connectivity index (χ3v) is 6.78. The van der Waals surface area contributed by atoms with Crippen molar-refractivity contribution in [2.45, 2.75) is 122 Å². The maximum atomic E-state index is 12.5. The van der Waals surface area contributed by atoms with Crippen LogP contribution in [0.1, 0.15) is 118 Å². The Morgan fingerprint density at radius 1 is 0.636 bits per heavy atom. The Bertz CT molecular complexity index is 260. The standard InChI is InChI=1S/C20H42OS/c1-5-7-9-11-13-14-16-18-20(3,4)22(21)19-17-15-12-10-8-6-2/h5-19H2,1-4H3. The molecule has 1 nitrogen and oxygen atoms in total. The van der Waals surface area contributed by atoms with Crippen LogP contribution in [0.5, 0.6) is 0 Å². The van der Waals surface area contributed by atoms with Gasteiger partial charge in [-0.15, -0.1) is 0 Å². The minimum Gasteiger partial charge on any atom is -0.259 e. The molecule has 0 N–H and O–H groups in total. The average molecular weight is 331 g/mol. The number of hydrogen-bond acceptors (Lipinski definition) is 1. The van der Waals surface area contributed by atoms with Crippen molar-refractivity contribution in [1.29, 1.82) is 0 Å². The van der Waals surface area contributed by atoms with Gasteiger partial charge >= 0.3 is 0 Å². The monoisotopic (exact) mass is 330 g/mol. The molecular weight excluding hydrogens is 288 g/mol. The first kappa shape index (κ1) is 22.1. The fourth-order valence-corrected chi connectivity index (χ4v) is 4.30. The third kappa shape index (κ3) is 12.7. The van der Waals surface area contributed by atoms with Crippen molar-refractivity contribution >= 4 is 10.8 Å². The van der Waals surface area contributed by atoms with E-state index in [0.29, 0.717) is 0 Å². The van der Waals surface area contributed by atoms with Gasteiger partial charge < -0.3 is 0 Å². The van der Waals surface area contributed by atoms with E-state index in [1.807, 2.05) is 0 Å². The van der Waals surface area contributed by atoms with Crippen LogP contribution in [0.2, 0.25) is 0 Å². The van der Waals surface area contributed by atoms with Crippen LogP contribution in [0, 0.1) is 0 Å². The molecule has 0 bridgehead atoms. The normalized spacial score (nSPS) is 13.5. The van der Waals surface area contributed by atoms with Crippen molar-refractivity contribution in [2.24, 2.45) is 0 Å². The summed E-state index contributed by atoms with van der Waals surface area (Å²) in [6.07, 6.45) is 18.3. The fraction of sp³-hybridized carbons (Fsp3) is 1.00. The van der Waals surface area contributed by atoms with E-state index >= 15 is 0 Å². The van der Waals surface area contributed by atoms with E-state index in [0.717, 1.165) is 18.6 Å². The van der Waals surface area contributed by atoms with E-state index in [-0.39, 0.29) is 4.75 Å². The van der Waals surface area contributed by atoms with Crippen LogP contribution in [0.25, 0.3) is 0 Å². The summed E-state index contributed by atoms with van der Waals surface area (Å²) in [4.78, 5) is 0. The summed E-state index contributed by atoms with van der Waals surface area (Å²) >= 11 is 0. The Morgan fingerprint density at radius 2 is 1.05 bits per heavy atom. The molecule has 0 heterocycles. The topological polar surface area (TPSA) is 17.1 Å². The first-order valence-electron chi connectivity index (χ1n) is 9.93. The zero-order chi connectivity index (χ0) is 16.7. The zero-order valence-electron chi connectivity index (χ0n) is 15.9. The van der Waals surface area contributed by atoms with Crippen LogP contribution in [-0.4, -0.2) is 14.7 Å². The molecule has 1 atom stereocenters. The third-order valence-electron chi connectivity index (χ3n) is 4.68. The number of rotatable bonds is 16. The van der Waals surface area contributed by atoms with Crippen molar-refractivity contribution in [3.8, 4) is 0 Å². The summed E-state index contributed by atoms with van der Waals surface area (Å²) in [7, 11) is -0.648. The van der Waals surface area contributed by atoms with Gasteiger partial charge in [0.1, 0.15) is 0 Å². The predicted molar refractivity (Wildman–Crippen MR) is 103 cm³/mol. The van der Waals surface area contributed by atoms with Gasteiger partial charge in [0.25, 0.3) is 0 Å². The Hall–Kier alpha value is 0.150. The fourth-order valence-electron chi connectivity index (χ4n) is 2.91. The maximum absolute atomic E-state index is 12.5. The van der Waals surface area contributed by atoms with Crippen LogP contribution in [0.3, 0.4) is 0 Å². The lowest BCUT2D eigenvalue weighted by atomic mass is 10.0. The Morgan fingerprint density at radius 3 is 1.55 bits per heavy atom. The summed E-state index contributed by atoms with van der Waals surface area (Å²) in [6, 6.07) is 0. The van der Waals surface area contributed by atoms with E-state index < -0.39 is 10.8 Å². The van der Waals surface area contributed by atoms with Gasteiger partial charge in [0, 0.05) is 21.3 Å².